The fourth-order valence-electron chi connectivity index (χ4n) is 2.84. The van der Waals surface area contributed by atoms with Gasteiger partial charge >= 0.3 is 0 Å². The highest BCUT2D eigenvalue weighted by Gasteiger charge is 2.40. The minimum atomic E-state index is -1.06. The van der Waals surface area contributed by atoms with Gasteiger partial charge in [0.05, 0.1) is 18.3 Å². The van der Waals surface area contributed by atoms with E-state index in [2.05, 4.69) is 0 Å². The van der Waals surface area contributed by atoms with E-state index < -0.39 is 11.7 Å². The first-order valence-corrected chi connectivity index (χ1v) is 8.11. The third kappa shape index (κ3) is 3.26. The number of allylic oxidation sites excluding steroid dienone is 1. The molecule has 1 aromatic carbocycles. The molecular formula is C19H26O5. The summed E-state index contributed by atoms with van der Waals surface area (Å²) in [6.45, 7) is 8.77. The van der Waals surface area contributed by atoms with E-state index >= 15 is 0 Å². The molecule has 24 heavy (non-hydrogen) atoms. The average molecular weight is 334 g/mol. The molecule has 1 aromatic rings. The van der Waals surface area contributed by atoms with E-state index in [9.17, 15) is 15.0 Å². The fourth-order valence-corrected chi connectivity index (χ4v) is 2.84. The van der Waals surface area contributed by atoms with Crippen LogP contribution in [0.2, 0.25) is 0 Å². The van der Waals surface area contributed by atoms with E-state index in [1.165, 1.54) is 14.0 Å². The standard InChI is InChI=1S/C19H26O5/c1-10(2)7-8-12-16(21)15(11(3)20)18(23-6)13-9-14(19(4,5)22)24-17(12)13/h7-8,10,14,21-22H,9H2,1-6H3/t14-/m1/s1. The summed E-state index contributed by atoms with van der Waals surface area (Å²) in [6.07, 6.45) is 3.61. The van der Waals surface area contributed by atoms with Gasteiger partial charge in [-0.3, -0.25) is 4.79 Å². The normalized spacial score (nSPS) is 17.2. The van der Waals surface area contributed by atoms with Gasteiger partial charge in [-0.25, -0.2) is 0 Å². The van der Waals surface area contributed by atoms with Gasteiger partial charge in [-0.05, 0) is 26.7 Å². The van der Waals surface area contributed by atoms with Gasteiger partial charge in [-0.15, -0.1) is 0 Å². The molecule has 0 aliphatic carbocycles. The minimum absolute atomic E-state index is 0.147. The number of hydrogen-bond acceptors (Lipinski definition) is 5. The second-order valence-corrected chi connectivity index (χ2v) is 7.10. The molecule has 0 saturated carbocycles. The van der Waals surface area contributed by atoms with Crippen molar-refractivity contribution in [1.29, 1.82) is 0 Å². The topological polar surface area (TPSA) is 76.0 Å². The fraction of sp³-hybridized carbons (Fsp3) is 0.526. The lowest BCUT2D eigenvalue weighted by Crippen LogP contribution is -2.39. The van der Waals surface area contributed by atoms with Gasteiger partial charge in [0.1, 0.15) is 28.9 Å². The summed E-state index contributed by atoms with van der Waals surface area (Å²) in [7, 11) is 1.46. The van der Waals surface area contributed by atoms with Crippen LogP contribution in [0.1, 0.15) is 56.1 Å². The highest BCUT2D eigenvalue weighted by Crippen LogP contribution is 2.49. The van der Waals surface area contributed by atoms with Gasteiger partial charge in [0.15, 0.2) is 5.78 Å². The number of rotatable bonds is 5. The maximum Gasteiger partial charge on any atom is 0.167 e. The molecular weight excluding hydrogens is 308 g/mol. The van der Waals surface area contributed by atoms with Crippen LogP contribution in [0, 0.1) is 5.92 Å². The molecule has 1 aliphatic rings. The number of carbonyl (C=O) groups excluding carboxylic acids is 1. The minimum Gasteiger partial charge on any atom is -0.506 e. The van der Waals surface area contributed by atoms with Crippen molar-refractivity contribution in [2.75, 3.05) is 7.11 Å². The Hall–Kier alpha value is -2.01. The molecule has 0 bridgehead atoms. The highest BCUT2D eigenvalue weighted by molar-refractivity contribution is 6.02. The molecule has 5 nitrogen and oxygen atoms in total. The first kappa shape index (κ1) is 18.3. The highest BCUT2D eigenvalue weighted by atomic mass is 16.5. The number of methoxy groups -OCH3 is 1. The van der Waals surface area contributed by atoms with Crippen LogP contribution in [0.15, 0.2) is 6.08 Å². The lowest BCUT2D eigenvalue weighted by molar-refractivity contribution is -0.0230. The predicted octanol–water partition coefficient (Wildman–Crippen LogP) is 3.35. The number of Topliss-reactive ketones (excluding diaryl/α,β-unsaturated/α-hetero) is 1. The van der Waals surface area contributed by atoms with E-state index in [0.29, 0.717) is 29.0 Å². The van der Waals surface area contributed by atoms with Crippen LogP contribution in [0.5, 0.6) is 17.2 Å². The van der Waals surface area contributed by atoms with E-state index in [1.807, 2.05) is 19.9 Å². The summed E-state index contributed by atoms with van der Waals surface area (Å²) < 4.78 is 11.3. The van der Waals surface area contributed by atoms with Crippen LogP contribution in [-0.2, 0) is 6.42 Å². The number of phenolic OH excluding ortho intramolecular Hbond substituents is 1. The Morgan fingerprint density at radius 2 is 2.04 bits per heavy atom. The summed E-state index contributed by atoms with van der Waals surface area (Å²) >= 11 is 0. The largest absolute Gasteiger partial charge is 0.506 e. The zero-order chi connectivity index (χ0) is 18.2. The molecule has 2 N–H and O–H groups in total. The van der Waals surface area contributed by atoms with Gasteiger partial charge in [-0.1, -0.05) is 26.0 Å². The summed E-state index contributed by atoms with van der Waals surface area (Å²) in [5.41, 5.74) is 0.252. The summed E-state index contributed by atoms with van der Waals surface area (Å²) in [5, 5.41) is 20.9. The molecule has 0 unspecified atom stereocenters. The maximum atomic E-state index is 12.1. The van der Waals surface area contributed by atoms with Crippen molar-refractivity contribution in [3.8, 4) is 17.2 Å². The van der Waals surface area contributed by atoms with Crippen LogP contribution in [0.4, 0.5) is 0 Å². The zero-order valence-corrected chi connectivity index (χ0v) is 15.1. The molecule has 1 aliphatic heterocycles. The summed E-state index contributed by atoms with van der Waals surface area (Å²) in [4.78, 5) is 12.1. The van der Waals surface area contributed by atoms with Gasteiger partial charge in [-0.2, -0.15) is 0 Å². The summed E-state index contributed by atoms with van der Waals surface area (Å²) in [6, 6.07) is 0. The number of phenols is 1. The van der Waals surface area contributed by atoms with Crippen molar-refractivity contribution in [1.82, 2.24) is 0 Å². The molecule has 1 heterocycles. The second kappa shape index (κ2) is 6.48. The van der Waals surface area contributed by atoms with Gasteiger partial charge < -0.3 is 19.7 Å². The Morgan fingerprint density at radius 3 is 2.50 bits per heavy atom. The van der Waals surface area contributed by atoms with Crippen molar-refractivity contribution in [2.45, 2.75) is 52.7 Å². The monoisotopic (exact) mass is 334 g/mol. The van der Waals surface area contributed by atoms with Crippen molar-refractivity contribution in [3.05, 3.63) is 22.8 Å². The molecule has 0 aromatic heterocycles. The van der Waals surface area contributed by atoms with Crippen LogP contribution in [-0.4, -0.2) is 34.8 Å². The Kier molecular flexibility index (Phi) is 4.95. The average Bonchev–Trinajstić information content (AvgIpc) is 2.89. The number of ether oxygens (including phenoxy) is 2. The van der Waals surface area contributed by atoms with Crippen LogP contribution < -0.4 is 9.47 Å². The van der Waals surface area contributed by atoms with Gasteiger partial charge in [0.2, 0.25) is 0 Å². The molecule has 2 rings (SSSR count). The smallest absolute Gasteiger partial charge is 0.167 e. The first-order valence-electron chi connectivity index (χ1n) is 8.11. The molecule has 0 fully saturated rings. The number of hydrogen-bond donors (Lipinski definition) is 2. The molecule has 0 radical (unpaired) electrons. The van der Waals surface area contributed by atoms with E-state index in [-0.39, 0.29) is 23.0 Å². The molecule has 0 amide bonds. The van der Waals surface area contributed by atoms with Crippen molar-refractivity contribution in [3.63, 3.8) is 0 Å². The quantitative estimate of drug-likeness (QED) is 0.808. The van der Waals surface area contributed by atoms with Crippen LogP contribution in [0.25, 0.3) is 6.08 Å². The number of aromatic hydroxyl groups is 1. The number of fused-ring (bicyclic) bond motifs is 1. The lowest BCUT2D eigenvalue weighted by Gasteiger charge is -2.24. The number of aliphatic hydroxyl groups is 1. The van der Waals surface area contributed by atoms with Crippen molar-refractivity contribution >= 4 is 11.9 Å². The molecule has 0 saturated heterocycles. The third-order valence-electron chi connectivity index (χ3n) is 4.15. The SMILES string of the molecule is COc1c2c(c(C=CC(C)C)c(O)c1C(C)=O)O[C@@H](C(C)(C)O)C2. The van der Waals surface area contributed by atoms with Crippen LogP contribution in [0.3, 0.4) is 0 Å². The third-order valence-corrected chi connectivity index (χ3v) is 4.15. The van der Waals surface area contributed by atoms with E-state index in [0.717, 1.165) is 0 Å². The Balaban J connectivity index is 2.72. The maximum absolute atomic E-state index is 12.1. The molecule has 5 heteroatoms. The van der Waals surface area contributed by atoms with Crippen molar-refractivity contribution < 1.29 is 24.5 Å². The zero-order valence-electron chi connectivity index (χ0n) is 15.1. The van der Waals surface area contributed by atoms with E-state index in [1.54, 1.807) is 19.9 Å². The van der Waals surface area contributed by atoms with Gasteiger partial charge in [0, 0.05) is 12.0 Å². The first-order chi connectivity index (χ1) is 11.1. The number of ketones is 1. The Labute approximate surface area is 142 Å². The second-order valence-electron chi connectivity index (χ2n) is 7.10. The van der Waals surface area contributed by atoms with Crippen LogP contribution >= 0.6 is 0 Å². The Morgan fingerprint density at radius 1 is 1.42 bits per heavy atom. The molecule has 132 valence electrons. The predicted molar refractivity (Wildman–Crippen MR) is 93.0 cm³/mol. The van der Waals surface area contributed by atoms with Gasteiger partial charge in [0.25, 0.3) is 0 Å². The van der Waals surface area contributed by atoms with Crippen molar-refractivity contribution in [2.24, 2.45) is 5.92 Å². The number of carbonyl (C=O) groups is 1. The summed E-state index contributed by atoms with van der Waals surface area (Å²) in [5.74, 6) is 0.640. The lowest BCUT2D eigenvalue weighted by atomic mass is 9.93. The molecule has 1 atom stereocenters. The number of benzene rings is 1. The molecule has 0 spiro atoms. The van der Waals surface area contributed by atoms with E-state index in [4.69, 9.17) is 9.47 Å². The Bertz CT molecular complexity index is 680.